The molecule has 114 valence electrons. The standard InChI is InChI=1S/C8H9O4.3C2H5.Al.Cr/c1-5(10)8(4-9,6(2)11)7(3)12;3*1-2;;/h1-3H3;3*1H2,2H3;;/q-1;;;;;. The Balaban J connectivity index is -0.000000312. The van der Waals surface area contributed by atoms with E-state index in [2.05, 4.69) is 20.8 Å². The van der Waals surface area contributed by atoms with Crippen LogP contribution < -0.4 is 0 Å². The summed E-state index contributed by atoms with van der Waals surface area (Å²) in [4.78, 5) is 43.0. The summed E-state index contributed by atoms with van der Waals surface area (Å²) in [6, 6.07) is 0. The van der Waals surface area contributed by atoms with Crippen molar-refractivity contribution in [1.29, 1.82) is 0 Å². The van der Waals surface area contributed by atoms with Crippen LogP contribution in [0.25, 0.3) is 0 Å². The van der Waals surface area contributed by atoms with Gasteiger partial charge in [0.2, 0.25) is 0 Å². The zero-order valence-corrected chi connectivity index (χ0v) is 15.7. The molecule has 0 aliphatic carbocycles. The zero-order chi connectivity index (χ0) is 15.6. The molecule has 0 rings (SSSR count). The smallest absolute Gasteiger partial charge is 0.261 e. The Morgan fingerprint density at radius 2 is 1.10 bits per heavy atom. The average molecular weight is 335 g/mol. The van der Waals surface area contributed by atoms with Gasteiger partial charge < -0.3 is 19.2 Å². The van der Waals surface area contributed by atoms with Crippen LogP contribution in [0.15, 0.2) is 0 Å². The molecule has 0 radical (unpaired) electrons. The number of hydrogen-bond donors (Lipinski definition) is 0. The van der Waals surface area contributed by atoms with Gasteiger partial charge in [-0.2, -0.15) is 0 Å². The van der Waals surface area contributed by atoms with Crippen LogP contribution in [0.1, 0.15) is 41.5 Å². The number of carbonyl (C=O) groups excluding carboxylic acids is 4. The first-order valence-electron chi connectivity index (χ1n) is 6.66. The molecule has 0 N–H and O–H groups in total. The van der Waals surface area contributed by atoms with E-state index in [0.717, 1.165) is 20.8 Å². The molecule has 6 heteroatoms. The second kappa shape index (κ2) is 12.5. The molecule has 0 aromatic carbocycles. The van der Waals surface area contributed by atoms with Crippen LogP contribution in [0.5, 0.6) is 0 Å². The minimum atomic E-state index is -2.18. The molecule has 0 spiro atoms. The molecular formula is C14H24AlCrO4-. The normalized spacial score (nSPS) is 9.50. The van der Waals surface area contributed by atoms with Crippen LogP contribution in [-0.2, 0) is 36.5 Å². The molecule has 20 heavy (non-hydrogen) atoms. The van der Waals surface area contributed by atoms with Crippen molar-refractivity contribution in [1.82, 2.24) is 0 Å². The Hall–Kier alpha value is -0.255. The second-order valence-corrected chi connectivity index (χ2v) is 8.79. The molecule has 4 nitrogen and oxygen atoms in total. The Labute approximate surface area is 137 Å². The summed E-state index contributed by atoms with van der Waals surface area (Å²) >= 11 is -0.171. The van der Waals surface area contributed by atoms with Gasteiger partial charge >= 0.3 is 0 Å². The van der Waals surface area contributed by atoms with Gasteiger partial charge in [-0.15, -0.1) is 0 Å². The number of hydrogen-bond acceptors (Lipinski definition) is 4. The van der Waals surface area contributed by atoms with E-state index in [4.69, 9.17) is 0 Å². The molecule has 0 saturated heterocycles. The van der Waals surface area contributed by atoms with E-state index in [-0.39, 0.29) is 31.5 Å². The van der Waals surface area contributed by atoms with Gasteiger partial charge in [-0.3, -0.25) is 0 Å². The average Bonchev–Trinajstić information content (AvgIpc) is 2.32. The van der Waals surface area contributed by atoms with Crippen molar-refractivity contribution in [3.05, 3.63) is 0 Å². The van der Waals surface area contributed by atoms with Gasteiger partial charge in [-0.05, 0) is 20.8 Å². The molecule has 0 amide bonds. The van der Waals surface area contributed by atoms with Crippen molar-refractivity contribution in [3.63, 3.8) is 0 Å². The molecular weight excluding hydrogens is 311 g/mol. The van der Waals surface area contributed by atoms with Crippen molar-refractivity contribution < 1.29 is 36.5 Å². The van der Waals surface area contributed by atoms with Gasteiger partial charge in [0, 0.05) is 22.8 Å². The van der Waals surface area contributed by atoms with Crippen molar-refractivity contribution in [2.45, 2.75) is 57.4 Å². The first-order valence-corrected chi connectivity index (χ1v) is 9.11. The van der Waals surface area contributed by atoms with Crippen molar-refractivity contribution in [2.75, 3.05) is 0 Å². The molecule has 0 aliphatic rings. The minimum absolute atomic E-state index is 0. The van der Waals surface area contributed by atoms with Crippen LogP contribution in [0.2, 0.25) is 15.8 Å². The first-order chi connectivity index (χ1) is 8.74. The molecule has 0 aromatic heterocycles. The monoisotopic (exact) mass is 335 g/mol. The Morgan fingerprint density at radius 1 is 0.850 bits per heavy atom. The molecule has 0 aromatic rings. The summed E-state index contributed by atoms with van der Waals surface area (Å²) in [5.74, 6) is -2.34. The van der Waals surface area contributed by atoms with E-state index in [9.17, 15) is 19.2 Å². The maximum absolute atomic E-state index is 10.9. The predicted molar refractivity (Wildman–Crippen MR) is 77.4 cm³/mol. The van der Waals surface area contributed by atoms with E-state index in [0.29, 0.717) is 0 Å². The summed E-state index contributed by atoms with van der Waals surface area (Å²) in [7, 11) is 0. The number of ketones is 3. The van der Waals surface area contributed by atoms with E-state index in [1.807, 2.05) is 0 Å². The second-order valence-electron chi connectivity index (χ2n) is 4.61. The summed E-state index contributed by atoms with van der Waals surface area (Å²) in [5, 5.41) is 4.48. The Kier molecular flexibility index (Phi) is 15.4. The maximum Gasteiger partial charge on any atom is 0.261 e. The third-order valence-corrected chi connectivity index (χ3v) is 6.93. The summed E-state index contributed by atoms with van der Waals surface area (Å²) < 4.78 is 0. The molecule has 0 aliphatic heterocycles. The fourth-order valence-electron chi connectivity index (χ4n) is 1.83. The Morgan fingerprint density at radius 3 is 1.10 bits per heavy atom. The maximum atomic E-state index is 10.9. The van der Waals surface area contributed by atoms with Crippen LogP contribution in [0, 0.1) is 5.41 Å². The van der Waals surface area contributed by atoms with Gasteiger partial charge in [-0.1, -0.05) is 36.6 Å². The van der Waals surface area contributed by atoms with Crippen molar-refractivity contribution >= 4 is 37.8 Å². The molecule has 0 unspecified atom stereocenters. The Bertz CT molecular complexity index is 297. The molecule has 0 fully saturated rings. The molecule has 0 heterocycles. The third kappa shape index (κ3) is 6.96. The van der Waals surface area contributed by atoms with Crippen molar-refractivity contribution in [2.24, 2.45) is 5.41 Å². The first kappa shape index (κ1) is 24.7. The van der Waals surface area contributed by atoms with Gasteiger partial charge in [-0.25, -0.2) is 6.29 Å². The third-order valence-electron chi connectivity index (χ3n) is 3.47. The molecule has 0 atom stereocenters. The SMILES string of the molecule is CC(=O)C([C-]=O)(C(C)=O)C(C)=O.C[CH2][Al]([CH2]C)[CH2]C.[Cr]. The van der Waals surface area contributed by atoms with E-state index >= 15 is 0 Å². The topological polar surface area (TPSA) is 68.3 Å². The summed E-state index contributed by atoms with van der Waals surface area (Å²) in [6.07, 6.45) is 1.22. The predicted octanol–water partition coefficient (Wildman–Crippen LogP) is 2.39. The van der Waals surface area contributed by atoms with Crippen molar-refractivity contribution in [3.8, 4) is 0 Å². The summed E-state index contributed by atoms with van der Waals surface area (Å²) in [5.41, 5.74) is -2.18. The minimum Gasteiger partial charge on any atom is -0.540 e. The zero-order valence-electron chi connectivity index (χ0n) is 13.2. The van der Waals surface area contributed by atoms with Gasteiger partial charge in [0.25, 0.3) is 14.1 Å². The van der Waals surface area contributed by atoms with E-state index in [1.54, 1.807) is 0 Å². The molecule has 0 bridgehead atoms. The number of Topliss-reactive ketones (excluding diaryl/α,β-unsaturated/α-hetero) is 3. The van der Waals surface area contributed by atoms with E-state index < -0.39 is 22.8 Å². The van der Waals surface area contributed by atoms with Crippen LogP contribution in [-0.4, -0.2) is 37.8 Å². The van der Waals surface area contributed by atoms with Crippen LogP contribution in [0.3, 0.4) is 0 Å². The fourth-order valence-corrected chi connectivity index (χ4v) is 3.56. The van der Waals surface area contributed by atoms with Gasteiger partial charge in [0.1, 0.15) is 17.3 Å². The van der Waals surface area contributed by atoms with Gasteiger partial charge in [0.15, 0.2) is 0 Å². The van der Waals surface area contributed by atoms with Crippen LogP contribution in [0.4, 0.5) is 0 Å². The van der Waals surface area contributed by atoms with E-state index in [1.165, 1.54) is 22.1 Å². The van der Waals surface area contributed by atoms with Gasteiger partial charge in [0.05, 0.1) is 0 Å². The van der Waals surface area contributed by atoms with Crippen LogP contribution >= 0.6 is 0 Å². The number of rotatable bonds is 7. The number of carbonyl (C=O) groups is 3. The quantitative estimate of drug-likeness (QED) is 0.407. The fraction of sp³-hybridized carbons (Fsp3) is 0.714. The largest absolute Gasteiger partial charge is 0.540 e. The summed E-state index contributed by atoms with van der Waals surface area (Å²) in [6.45, 7) is 10.0. The molecule has 0 saturated carbocycles.